The lowest BCUT2D eigenvalue weighted by atomic mass is 9.90. The molecule has 0 aromatic carbocycles. The lowest BCUT2D eigenvalue weighted by Gasteiger charge is -2.29. The Morgan fingerprint density at radius 1 is 1.27 bits per heavy atom. The molecular formula is C9H17NO. The third kappa shape index (κ3) is 1.30. The van der Waals surface area contributed by atoms with Crippen molar-refractivity contribution in [1.29, 1.82) is 0 Å². The monoisotopic (exact) mass is 155 g/mol. The molecule has 64 valence electrons. The Morgan fingerprint density at radius 2 is 1.82 bits per heavy atom. The van der Waals surface area contributed by atoms with E-state index in [1.54, 1.807) is 0 Å². The molecule has 2 aliphatic carbocycles. The smallest absolute Gasteiger partial charge is 0.0800 e. The van der Waals surface area contributed by atoms with Crippen LogP contribution in [0.3, 0.4) is 0 Å². The van der Waals surface area contributed by atoms with Crippen molar-refractivity contribution in [2.24, 2.45) is 11.7 Å². The van der Waals surface area contributed by atoms with Gasteiger partial charge in [0.1, 0.15) is 0 Å². The third-order valence-electron chi connectivity index (χ3n) is 3.22. The summed E-state index contributed by atoms with van der Waals surface area (Å²) in [5.74, 6) is 0.637. The predicted molar refractivity (Wildman–Crippen MR) is 44.1 cm³/mol. The van der Waals surface area contributed by atoms with Crippen molar-refractivity contribution in [2.75, 3.05) is 0 Å². The summed E-state index contributed by atoms with van der Waals surface area (Å²) in [5.41, 5.74) is 5.48. The zero-order chi connectivity index (χ0) is 7.90. The molecule has 1 unspecified atom stereocenters. The maximum atomic E-state index is 10.0. The third-order valence-corrected chi connectivity index (χ3v) is 3.22. The van der Waals surface area contributed by atoms with Gasteiger partial charge in [0, 0.05) is 6.04 Å². The summed E-state index contributed by atoms with van der Waals surface area (Å²) in [5, 5.41) is 10.0. The van der Waals surface area contributed by atoms with Gasteiger partial charge in [-0.15, -0.1) is 0 Å². The normalized spacial score (nSPS) is 32.2. The van der Waals surface area contributed by atoms with Crippen molar-refractivity contribution < 1.29 is 5.11 Å². The van der Waals surface area contributed by atoms with Gasteiger partial charge < -0.3 is 10.8 Å². The van der Waals surface area contributed by atoms with E-state index in [-0.39, 0.29) is 6.04 Å². The summed E-state index contributed by atoms with van der Waals surface area (Å²) in [6.07, 6.45) is 6.68. The first kappa shape index (κ1) is 7.56. The maximum absolute atomic E-state index is 10.0. The number of hydrogen-bond acceptors (Lipinski definition) is 2. The maximum Gasteiger partial charge on any atom is 0.0800 e. The fourth-order valence-electron chi connectivity index (χ4n) is 2.21. The van der Waals surface area contributed by atoms with Gasteiger partial charge in [0.15, 0.2) is 0 Å². The van der Waals surface area contributed by atoms with Gasteiger partial charge in [0.2, 0.25) is 0 Å². The molecule has 2 nitrogen and oxygen atoms in total. The largest absolute Gasteiger partial charge is 0.388 e. The Bertz CT molecular complexity index is 148. The van der Waals surface area contributed by atoms with Crippen LogP contribution in [0.15, 0.2) is 0 Å². The first-order valence-electron chi connectivity index (χ1n) is 4.70. The van der Waals surface area contributed by atoms with E-state index < -0.39 is 5.60 Å². The molecule has 1 atom stereocenters. The fraction of sp³-hybridized carbons (Fsp3) is 1.00. The van der Waals surface area contributed by atoms with Crippen molar-refractivity contribution in [1.82, 2.24) is 0 Å². The Morgan fingerprint density at radius 3 is 2.27 bits per heavy atom. The molecular weight excluding hydrogens is 138 g/mol. The van der Waals surface area contributed by atoms with Crippen LogP contribution < -0.4 is 5.73 Å². The highest BCUT2D eigenvalue weighted by atomic mass is 16.3. The SMILES string of the molecule is NC(C1CC1)C1(O)CCCC1. The molecule has 0 aromatic heterocycles. The van der Waals surface area contributed by atoms with Crippen LogP contribution in [-0.2, 0) is 0 Å². The second kappa shape index (κ2) is 2.46. The average molecular weight is 155 g/mol. The minimum absolute atomic E-state index is 0.0741. The van der Waals surface area contributed by atoms with Gasteiger partial charge in [-0.2, -0.15) is 0 Å². The molecule has 0 aliphatic heterocycles. The van der Waals surface area contributed by atoms with E-state index in [1.807, 2.05) is 0 Å². The molecule has 2 heteroatoms. The van der Waals surface area contributed by atoms with Crippen LogP contribution >= 0.6 is 0 Å². The van der Waals surface area contributed by atoms with E-state index in [2.05, 4.69) is 0 Å². The molecule has 0 radical (unpaired) electrons. The van der Waals surface area contributed by atoms with Crippen LogP contribution in [0.2, 0.25) is 0 Å². The van der Waals surface area contributed by atoms with Crippen molar-refractivity contribution in [3.63, 3.8) is 0 Å². The van der Waals surface area contributed by atoms with Crippen LogP contribution in [0.1, 0.15) is 38.5 Å². The second-order valence-electron chi connectivity index (χ2n) is 4.17. The van der Waals surface area contributed by atoms with Crippen LogP contribution in [0.25, 0.3) is 0 Å². The number of nitrogens with two attached hydrogens (primary N) is 1. The number of rotatable bonds is 2. The summed E-state index contributed by atoms with van der Waals surface area (Å²) in [4.78, 5) is 0. The quantitative estimate of drug-likeness (QED) is 0.625. The number of hydrogen-bond donors (Lipinski definition) is 2. The Kier molecular flexibility index (Phi) is 1.69. The molecule has 0 bridgehead atoms. The van der Waals surface area contributed by atoms with Gasteiger partial charge in [-0.1, -0.05) is 12.8 Å². The van der Waals surface area contributed by atoms with Crippen LogP contribution in [0.5, 0.6) is 0 Å². The molecule has 2 saturated carbocycles. The van der Waals surface area contributed by atoms with Crippen molar-refractivity contribution in [2.45, 2.75) is 50.2 Å². The van der Waals surface area contributed by atoms with E-state index in [4.69, 9.17) is 5.73 Å². The summed E-state index contributed by atoms with van der Waals surface area (Å²) < 4.78 is 0. The van der Waals surface area contributed by atoms with E-state index in [9.17, 15) is 5.11 Å². The average Bonchev–Trinajstić information content (AvgIpc) is 2.74. The molecule has 0 heterocycles. The number of aliphatic hydroxyl groups is 1. The Labute approximate surface area is 67.8 Å². The van der Waals surface area contributed by atoms with E-state index in [0.717, 1.165) is 25.7 Å². The molecule has 0 spiro atoms. The first-order chi connectivity index (χ1) is 5.22. The van der Waals surface area contributed by atoms with Crippen LogP contribution in [-0.4, -0.2) is 16.7 Å². The Balaban J connectivity index is 1.99. The standard InChI is InChI=1S/C9H17NO/c10-8(7-3-4-7)9(11)5-1-2-6-9/h7-8,11H,1-6,10H2. The zero-order valence-corrected chi connectivity index (χ0v) is 6.92. The molecule has 0 amide bonds. The van der Waals surface area contributed by atoms with E-state index in [0.29, 0.717) is 5.92 Å². The van der Waals surface area contributed by atoms with Gasteiger partial charge in [-0.25, -0.2) is 0 Å². The summed E-state index contributed by atoms with van der Waals surface area (Å²) in [7, 11) is 0. The van der Waals surface area contributed by atoms with Gasteiger partial charge >= 0.3 is 0 Å². The minimum atomic E-state index is -0.485. The molecule has 11 heavy (non-hydrogen) atoms. The molecule has 2 aliphatic rings. The molecule has 0 saturated heterocycles. The van der Waals surface area contributed by atoms with Crippen molar-refractivity contribution >= 4 is 0 Å². The van der Waals surface area contributed by atoms with E-state index >= 15 is 0 Å². The van der Waals surface area contributed by atoms with Crippen molar-refractivity contribution in [3.05, 3.63) is 0 Å². The first-order valence-corrected chi connectivity index (χ1v) is 4.70. The summed E-state index contributed by atoms with van der Waals surface area (Å²) in [6.45, 7) is 0. The molecule has 2 rings (SSSR count). The van der Waals surface area contributed by atoms with Gasteiger partial charge in [0.05, 0.1) is 5.60 Å². The predicted octanol–water partition coefficient (Wildman–Crippen LogP) is 1.03. The second-order valence-corrected chi connectivity index (χ2v) is 4.17. The lowest BCUT2D eigenvalue weighted by molar-refractivity contribution is 0.0140. The topological polar surface area (TPSA) is 46.2 Å². The molecule has 3 N–H and O–H groups in total. The van der Waals surface area contributed by atoms with Gasteiger partial charge in [-0.3, -0.25) is 0 Å². The van der Waals surface area contributed by atoms with Gasteiger partial charge in [-0.05, 0) is 31.6 Å². The highest BCUT2D eigenvalue weighted by Gasteiger charge is 2.44. The zero-order valence-electron chi connectivity index (χ0n) is 6.92. The highest BCUT2D eigenvalue weighted by molar-refractivity contribution is 5.00. The summed E-state index contributed by atoms with van der Waals surface area (Å²) >= 11 is 0. The summed E-state index contributed by atoms with van der Waals surface area (Å²) in [6, 6.07) is 0.0741. The fourth-order valence-corrected chi connectivity index (χ4v) is 2.21. The highest BCUT2D eigenvalue weighted by Crippen LogP contribution is 2.42. The van der Waals surface area contributed by atoms with Crippen LogP contribution in [0.4, 0.5) is 0 Å². The molecule has 2 fully saturated rings. The van der Waals surface area contributed by atoms with Crippen LogP contribution in [0, 0.1) is 5.92 Å². The Hall–Kier alpha value is -0.0800. The van der Waals surface area contributed by atoms with Crippen molar-refractivity contribution in [3.8, 4) is 0 Å². The van der Waals surface area contributed by atoms with Gasteiger partial charge in [0.25, 0.3) is 0 Å². The van der Waals surface area contributed by atoms with E-state index in [1.165, 1.54) is 12.8 Å². The molecule has 0 aromatic rings. The minimum Gasteiger partial charge on any atom is -0.388 e. The lowest BCUT2D eigenvalue weighted by Crippen LogP contribution is -2.47.